The molecule has 14 nitrogen and oxygen atoms in total. The number of ether oxygens (including phenoxy) is 4. The van der Waals surface area contributed by atoms with Crippen molar-refractivity contribution < 1.29 is 37.9 Å². The van der Waals surface area contributed by atoms with Crippen molar-refractivity contribution in [3.63, 3.8) is 0 Å². The Balaban J connectivity index is 2.70. The first kappa shape index (κ1) is 30.5. The van der Waals surface area contributed by atoms with Crippen LogP contribution in [0.3, 0.4) is 0 Å². The number of aromatic amines is 1. The molecule has 0 aliphatic rings. The van der Waals surface area contributed by atoms with Crippen LogP contribution in [0.2, 0.25) is 0 Å². The van der Waals surface area contributed by atoms with E-state index in [9.17, 15) is 14.4 Å². The fourth-order valence-corrected chi connectivity index (χ4v) is 3.02. The van der Waals surface area contributed by atoms with Crippen LogP contribution >= 0.6 is 0 Å². The lowest BCUT2D eigenvalue weighted by Crippen LogP contribution is -2.54. The number of carbonyl (C=O) groups is 3. The number of tetrazole rings is 1. The predicted octanol–water partition coefficient (Wildman–Crippen LogP) is 4.07. The molecule has 0 radical (unpaired) electrons. The fraction of sp³-hybridized carbons (Fsp3) is 0.708. The van der Waals surface area contributed by atoms with Gasteiger partial charge in [-0.05, 0) is 86.5 Å². The molecular weight excluding hydrogens is 500 g/mol. The molecule has 0 spiro atoms. The van der Waals surface area contributed by atoms with Gasteiger partial charge in [0.15, 0.2) is 0 Å². The van der Waals surface area contributed by atoms with Crippen LogP contribution in [0.15, 0.2) is 4.52 Å². The van der Waals surface area contributed by atoms with E-state index in [1.807, 2.05) is 0 Å². The Kier molecular flexibility index (Phi) is 9.12. The summed E-state index contributed by atoms with van der Waals surface area (Å²) in [4.78, 5) is 40.9. The number of rotatable bonds is 7. The minimum absolute atomic E-state index is 0.0155. The molecule has 1 unspecified atom stereocenters. The lowest BCUT2D eigenvalue weighted by atomic mass is 10.0. The summed E-state index contributed by atoms with van der Waals surface area (Å²) in [6.45, 7) is 18.3. The van der Waals surface area contributed by atoms with Crippen LogP contribution < -0.4 is 4.74 Å². The number of carbonyl (C=O) groups excluding carboxylic acids is 3. The van der Waals surface area contributed by atoms with E-state index >= 15 is 0 Å². The Morgan fingerprint density at radius 1 is 0.895 bits per heavy atom. The maximum atomic E-state index is 13.6. The molecule has 0 saturated heterocycles. The predicted molar refractivity (Wildman–Crippen MR) is 133 cm³/mol. The summed E-state index contributed by atoms with van der Waals surface area (Å²) in [5.74, 6) is -0.835. The van der Waals surface area contributed by atoms with E-state index in [-0.39, 0.29) is 35.6 Å². The van der Waals surface area contributed by atoms with Crippen molar-refractivity contribution in [2.45, 2.75) is 112 Å². The molecule has 1 atom stereocenters. The maximum absolute atomic E-state index is 13.6. The van der Waals surface area contributed by atoms with Gasteiger partial charge in [0.05, 0.1) is 11.7 Å². The highest BCUT2D eigenvalue weighted by molar-refractivity contribution is 5.94. The summed E-state index contributed by atoms with van der Waals surface area (Å²) in [5.41, 5.74) is -2.73. The maximum Gasteiger partial charge on any atom is 0.420 e. The van der Waals surface area contributed by atoms with Crippen LogP contribution in [0.4, 0.5) is 9.59 Å². The Hall–Kier alpha value is -3.71. The number of nitrogens with zero attached hydrogens (tertiary/aromatic N) is 5. The first-order valence-electron chi connectivity index (χ1n) is 12.1. The number of aromatic nitrogens is 5. The summed E-state index contributed by atoms with van der Waals surface area (Å²) in [7, 11) is 0. The molecular formula is C24H38N6O8. The number of nitrogens with one attached hydrogen (secondary N) is 1. The van der Waals surface area contributed by atoms with Gasteiger partial charge in [-0.3, -0.25) is 0 Å². The van der Waals surface area contributed by atoms with Gasteiger partial charge in [-0.25, -0.2) is 14.4 Å². The van der Waals surface area contributed by atoms with Crippen molar-refractivity contribution in [1.82, 2.24) is 30.7 Å². The lowest BCUT2D eigenvalue weighted by Gasteiger charge is -2.33. The van der Waals surface area contributed by atoms with Gasteiger partial charge in [0.25, 0.3) is 5.88 Å². The number of hydrogen-bond donors (Lipinski definition) is 1. The zero-order chi connectivity index (χ0) is 29.1. The van der Waals surface area contributed by atoms with Crippen LogP contribution in [0, 0.1) is 0 Å². The molecule has 0 aromatic carbocycles. The van der Waals surface area contributed by atoms with Crippen LogP contribution in [0.25, 0.3) is 11.6 Å². The Labute approximate surface area is 221 Å². The Bertz CT molecular complexity index is 1080. The summed E-state index contributed by atoms with van der Waals surface area (Å²) in [6.07, 6.45) is -2.88. The minimum Gasteiger partial charge on any atom is -0.473 e. The molecule has 2 amide bonds. The van der Waals surface area contributed by atoms with E-state index in [4.69, 9.17) is 23.5 Å². The first-order valence-corrected chi connectivity index (χ1v) is 12.1. The number of amides is 2. The van der Waals surface area contributed by atoms with Crippen molar-refractivity contribution in [1.29, 1.82) is 0 Å². The van der Waals surface area contributed by atoms with E-state index < -0.39 is 41.0 Å². The normalized spacial score (nSPS) is 13.2. The van der Waals surface area contributed by atoms with Gasteiger partial charge < -0.3 is 23.5 Å². The second-order valence-electron chi connectivity index (χ2n) is 11.8. The third kappa shape index (κ3) is 8.99. The van der Waals surface area contributed by atoms with Crippen molar-refractivity contribution in [3.05, 3.63) is 5.56 Å². The van der Waals surface area contributed by atoms with Gasteiger partial charge in [0, 0.05) is 6.42 Å². The van der Waals surface area contributed by atoms with E-state index in [0.29, 0.717) is 4.90 Å². The second-order valence-corrected chi connectivity index (χ2v) is 11.8. The highest BCUT2D eigenvalue weighted by atomic mass is 16.6. The van der Waals surface area contributed by atoms with E-state index in [2.05, 4.69) is 25.8 Å². The van der Waals surface area contributed by atoms with Crippen molar-refractivity contribution in [3.8, 4) is 17.5 Å². The largest absolute Gasteiger partial charge is 0.473 e. The zero-order valence-corrected chi connectivity index (χ0v) is 23.9. The second kappa shape index (κ2) is 11.4. The van der Waals surface area contributed by atoms with Gasteiger partial charge >= 0.3 is 18.2 Å². The molecule has 2 rings (SSSR count). The molecule has 1 N–H and O–H groups in total. The molecule has 2 aromatic heterocycles. The SMILES string of the molecule is CC(C)Oc1noc(-c2nn[nH]n2)c1CC(C(=O)OC(C)(C)C)N(C(=O)OC(C)(C)C)C(=O)OC(C)(C)C. The molecule has 14 heteroatoms. The van der Waals surface area contributed by atoms with Crippen LogP contribution in [0.1, 0.15) is 81.7 Å². The standard InChI is InChI=1S/C24H38N6O8/c1-13(2)34-18-14(16(38-27-18)17-25-28-29-26-17)12-15(19(31)35-22(3,4)5)30(20(32)36-23(6,7)8)21(33)37-24(9,10)11/h13,15H,12H2,1-11H3,(H,25,26,28,29). The molecule has 0 aliphatic carbocycles. The number of esters is 1. The Morgan fingerprint density at radius 3 is 1.84 bits per heavy atom. The Morgan fingerprint density at radius 2 is 1.42 bits per heavy atom. The van der Waals surface area contributed by atoms with E-state index in [0.717, 1.165) is 0 Å². The van der Waals surface area contributed by atoms with Crippen molar-refractivity contribution in [2.75, 3.05) is 0 Å². The van der Waals surface area contributed by atoms with Crippen molar-refractivity contribution >= 4 is 18.2 Å². The topological polar surface area (TPSA) is 172 Å². The van der Waals surface area contributed by atoms with Crippen LogP contribution in [0.5, 0.6) is 5.88 Å². The van der Waals surface area contributed by atoms with Gasteiger partial charge in [0.1, 0.15) is 22.8 Å². The molecule has 0 fully saturated rings. The average Bonchev–Trinajstić information content (AvgIpc) is 3.33. The first-order chi connectivity index (χ1) is 17.3. The molecule has 212 valence electrons. The minimum atomic E-state index is -1.57. The van der Waals surface area contributed by atoms with Crippen LogP contribution in [-0.2, 0) is 25.4 Å². The lowest BCUT2D eigenvalue weighted by molar-refractivity contribution is -0.161. The molecule has 0 saturated carbocycles. The summed E-state index contributed by atoms with van der Waals surface area (Å²) < 4.78 is 27.8. The van der Waals surface area contributed by atoms with Gasteiger partial charge in [-0.1, -0.05) is 0 Å². The summed E-state index contributed by atoms with van der Waals surface area (Å²) in [6, 6.07) is -1.57. The van der Waals surface area contributed by atoms with Crippen molar-refractivity contribution in [2.24, 2.45) is 0 Å². The monoisotopic (exact) mass is 538 g/mol. The molecule has 0 aliphatic heterocycles. The number of H-pyrrole nitrogens is 1. The third-order valence-electron chi connectivity index (χ3n) is 4.22. The summed E-state index contributed by atoms with van der Waals surface area (Å²) in [5, 5.41) is 17.6. The van der Waals surface area contributed by atoms with Gasteiger partial charge in [0.2, 0.25) is 11.6 Å². The molecule has 38 heavy (non-hydrogen) atoms. The number of hydrogen-bond acceptors (Lipinski definition) is 12. The molecule has 2 heterocycles. The van der Waals surface area contributed by atoms with Gasteiger partial charge in [-0.2, -0.15) is 10.1 Å². The highest BCUT2D eigenvalue weighted by Gasteiger charge is 2.44. The fourth-order valence-electron chi connectivity index (χ4n) is 3.02. The zero-order valence-electron chi connectivity index (χ0n) is 23.9. The summed E-state index contributed by atoms with van der Waals surface area (Å²) >= 11 is 0. The highest BCUT2D eigenvalue weighted by Crippen LogP contribution is 2.32. The smallest absolute Gasteiger partial charge is 0.420 e. The molecule has 2 aromatic rings. The van der Waals surface area contributed by atoms with Crippen LogP contribution in [-0.4, -0.2) is 77.8 Å². The van der Waals surface area contributed by atoms with Gasteiger partial charge in [-0.15, -0.1) is 10.2 Å². The third-order valence-corrected chi connectivity index (χ3v) is 4.22. The molecule has 0 bridgehead atoms. The quantitative estimate of drug-likeness (QED) is 0.396. The van der Waals surface area contributed by atoms with E-state index in [1.165, 1.54) is 0 Å². The van der Waals surface area contributed by atoms with E-state index in [1.54, 1.807) is 76.2 Å². The number of imide groups is 1. The average molecular weight is 539 g/mol.